The summed E-state index contributed by atoms with van der Waals surface area (Å²) in [5, 5.41) is 10.3. The Balaban J connectivity index is 1.95. The van der Waals surface area contributed by atoms with Crippen LogP contribution in [0.1, 0.15) is 30.9 Å². The number of halogens is 1. The summed E-state index contributed by atoms with van der Waals surface area (Å²) < 4.78 is 25.3. The molecule has 0 amide bonds. The number of rotatable bonds is 4. The summed E-state index contributed by atoms with van der Waals surface area (Å²) in [6.45, 7) is 5.93. The van der Waals surface area contributed by atoms with Gasteiger partial charge in [-0.1, -0.05) is 32.0 Å². The highest BCUT2D eigenvalue weighted by molar-refractivity contribution is 5.92. The molecule has 4 nitrogen and oxygen atoms in total. The van der Waals surface area contributed by atoms with E-state index in [9.17, 15) is 14.3 Å². The number of aromatic hydroxyl groups is 1. The summed E-state index contributed by atoms with van der Waals surface area (Å²) in [5.74, 6) is 0.819. The highest BCUT2D eigenvalue weighted by atomic mass is 19.1. The minimum atomic E-state index is -0.628. The van der Waals surface area contributed by atoms with Gasteiger partial charge in [0.1, 0.15) is 28.5 Å². The minimum Gasteiger partial charge on any atom is -0.508 e. The molecule has 0 bridgehead atoms. The fourth-order valence-corrected chi connectivity index (χ4v) is 3.45. The smallest absolute Gasteiger partial charge is 0.348 e. The number of benzene rings is 3. The first-order valence-corrected chi connectivity index (χ1v) is 9.67. The van der Waals surface area contributed by atoms with Gasteiger partial charge in [0.05, 0.1) is 5.39 Å². The van der Waals surface area contributed by atoms with E-state index in [1.54, 1.807) is 13.0 Å². The Labute approximate surface area is 173 Å². The van der Waals surface area contributed by atoms with Crippen molar-refractivity contribution in [1.29, 1.82) is 0 Å². The summed E-state index contributed by atoms with van der Waals surface area (Å²) >= 11 is 0. The van der Waals surface area contributed by atoms with Crippen molar-refractivity contribution in [2.24, 2.45) is 0 Å². The largest absolute Gasteiger partial charge is 0.508 e. The lowest BCUT2D eigenvalue weighted by atomic mass is 9.99. The molecule has 0 atom stereocenters. The molecule has 0 aliphatic heterocycles. The Morgan fingerprint density at radius 1 is 1.00 bits per heavy atom. The molecule has 1 N–H and O–H groups in total. The maximum atomic E-state index is 13.7. The molecular formula is C25H21FO4. The van der Waals surface area contributed by atoms with Crippen LogP contribution in [0.3, 0.4) is 0 Å². The molecule has 0 fully saturated rings. The molecule has 1 heterocycles. The second kappa shape index (κ2) is 7.67. The number of phenolic OH excluding ortho intramolecular Hbond substituents is 1. The molecule has 5 heteroatoms. The number of fused-ring (bicyclic) bond motifs is 1. The van der Waals surface area contributed by atoms with Gasteiger partial charge < -0.3 is 14.3 Å². The van der Waals surface area contributed by atoms with Gasteiger partial charge in [0.15, 0.2) is 5.75 Å². The monoisotopic (exact) mass is 404 g/mol. The standard InChI is InChI=1S/C25H21FO4/c1-14(2)16-4-8-19(9-5-16)29-24-21-11-7-18(27)13-22(21)30-25(28)23(24)20-10-6-17(26)12-15(20)3/h4-14,27H,1-3H3. The van der Waals surface area contributed by atoms with Gasteiger partial charge in [-0.05, 0) is 65.9 Å². The van der Waals surface area contributed by atoms with E-state index < -0.39 is 11.4 Å². The van der Waals surface area contributed by atoms with Crippen LogP contribution in [0.25, 0.3) is 22.1 Å². The van der Waals surface area contributed by atoms with Gasteiger partial charge in [-0.3, -0.25) is 0 Å². The van der Waals surface area contributed by atoms with Crippen molar-refractivity contribution in [2.45, 2.75) is 26.7 Å². The fourth-order valence-electron chi connectivity index (χ4n) is 3.45. The van der Waals surface area contributed by atoms with Crippen molar-refractivity contribution >= 4 is 11.0 Å². The molecule has 3 aromatic carbocycles. The summed E-state index contributed by atoms with van der Waals surface area (Å²) in [7, 11) is 0. The molecule has 4 rings (SSSR count). The summed E-state index contributed by atoms with van der Waals surface area (Å²) in [4.78, 5) is 12.9. The van der Waals surface area contributed by atoms with Gasteiger partial charge in [0, 0.05) is 6.07 Å². The Morgan fingerprint density at radius 2 is 1.73 bits per heavy atom. The van der Waals surface area contributed by atoms with E-state index >= 15 is 0 Å². The zero-order valence-electron chi connectivity index (χ0n) is 16.9. The molecule has 1 aromatic heterocycles. The summed E-state index contributed by atoms with van der Waals surface area (Å²) in [6.07, 6.45) is 0. The van der Waals surface area contributed by atoms with Crippen molar-refractivity contribution in [1.82, 2.24) is 0 Å². The lowest BCUT2D eigenvalue weighted by Crippen LogP contribution is -2.07. The van der Waals surface area contributed by atoms with Crippen molar-refractivity contribution in [3.63, 3.8) is 0 Å². The molecule has 0 radical (unpaired) electrons. The number of hydrogen-bond donors (Lipinski definition) is 1. The molecule has 0 aliphatic rings. The second-order valence-corrected chi connectivity index (χ2v) is 7.56. The highest BCUT2D eigenvalue weighted by Gasteiger charge is 2.21. The van der Waals surface area contributed by atoms with Gasteiger partial charge in [-0.2, -0.15) is 0 Å². The van der Waals surface area contributed by atoms with E-state index in [1.165, 1.54) is 35.9 Å². The first-order chi connectivity index (χ1) is 14.3. The lowest BCUT2D eigenvalue weighted by molar-refractivity contribution is 0.468. The van der Waals surface area contributed by atoms with E-state index in [1.807, 2.05) is 24.3 Å². The van der Waals surface area contributed by atoms with Crippen LogP contribution in [0.5, 0.6) is 17.2 Å². The van der Waals surface area contributed by atoms with Crippen LogP contribution in [0.4, 0.5) is 4.39 Å². The van der Waals surface area contributed by atoms with Gasteiger partial charge in [-0.25, -0.2) is 9.18 Å². The quantitative estimate of drug-likeness (QED) is 0.393. The summed E-state index contributed by atoms with van der Waals surface area (Å²) in [6, 6.07) is 16.3. The lowest BCUT2D eigenvalue weighted by Gasteiger charge is -2.15. The predicted octanol–water partition coefficient (Wildman–Crippen LogP) is 6.53. The molecule has 0 unspecified atom stereocenters. The van der Waals surface area contributed by atoms with E-state index in [2.05, 4.69) is 13.8 Å². The Hall–Kier alpha value is -3.60. The van der Waals surface area contributed by atoms with Crippen molar-refractivity contribution in [3.8, 4) is 28.4 Å². The Kier molecular flexibility index (Phi) is 5.04. The average Bonchev–Trinajstić information content (AvgIpc) is 2.69. The van der Waals surface area contributed by atoms with Crippen LogP contribution >= 0.6 is 0 Å². The zero-order chi connectivity index (χ0) is 21.4. The van der Waals surface area contributed by atoms with Crippen LogP contribution in [-0.2, 0) is 0 Å². The van der Waals surface area contributed by atoms with Gasteiger partial charge >= 0.3 is 5.63 Å². The SMILES string of the molecule is Cc1cc(F)ccc1-c1c(Oc2ccc(C(C)C)cc2)c2ccc(O)cc2oc1=O. The van der Waals surface area contributed by atoms with Gasteiger partial charge in [0.25, 0.3) is 0 Å². The first kappa shape index (κ1) is 19.7. The number of phenols is 1. The molecule has 0 spiro atoms. The molecule has 152 valence electrons. The fraction of sp³-hybridized carbons (Fsp3) is 0.160. The maximum Gasteiger partial charge on any atom is 0.348 e. The van der Waals surface area contributed by atoms with Crippen molar-refractivity contribution in [3.05, 3.63) is 88.0 Å². The van der Waals surface area contributed by atoms with Gasteiger partial charge in [-0.15, -0.1) is 0 Å². The maximum absolute atomic E-state index is 13.7. The topological polar surface area (TPSA) is 59.7 Å². The third kappa shape index (κ3) is 3.66. The van der Waals surface area contributed by atoms with Crippen LogP contribution in [0, 0.1) is 12.7 Å². The molecule has 30 heavy (non-hydrogen) atoms. The van der Waals surface area contributed by atoms with Gasteiger partial charge in [0.2, 0.25) is 0 Å². The minimum absolute atomic E-state index is 0.0244. The number of ether oxygens (including phenoxy) is 1. The third-order valence-corrected chi connectivity index (χ3v) is 5.07. The highest BCUT2D eigenvalue weighted by Crippen LogP contribution is 2.39. The number of aryl methyl sites for hydroxylation is 1. The first-order valence-electron chi connectivity index (χ1n) is 9.67. The van der Waals surface area contributed by atoms with Crippen LogP contribution in [0.15, 0.2) is 69.9 Å². The van der Waals surface area contributed by atoms with E-state index in [-0.39, 0.29) is 16.9 Å². The molecule has 0 saturated heterocycles. The van der Waals surface area contributed by atoms with E-state index in [0.717, 1.165) is 0 Å². The second-order valence-electron chi connectivity index (χ2n) is 7.56. The van der Waals surface area contributed by atoms with Crippen LogP contribution in [-0.4, -0.2) is 5.11 Å². The van der Waals surface area contributed by atoms with E-state index in [0.29, 0.717) is 33.9 Å². The van der Waals surface area contributed by atoms with Crippen LogP contribution < -0.4 is 10.4 Å². The molecule has 4 aromatic rings. The molecule has 0 saturated carbocycles. The number of hydrogen-bond acceptors (Lipinski definition) is 4. The third-order valence-electron chi connectivity index (χ3n) is 5.07. The average molecular weight is 404 g/mol. The Bertz CT molecular complexity index is 1290. The van der Waals surface area contributed by atoms with E-state index in [4.69, 9.17) is 9.15 Å². The van der Waals surface area contributed by atoms with Crippen molar-refractivity contribution in [2.75, 3.05) is 0 Å². The van der Waals surface area contributed by atoms with Crippen LogP contribution in [0.2, 0.25) is 0 Å². The van der Waals surface area contributed by atoms with Crippen molar-refractivity contribution < 1.29 is 18.7 Å². The normalized spacial score (nSPS) is 11.2. The molecular weight excluding hydrogens is 383 g/mol. The molecule has 0 aliphatic carbocycles. The Morgan fingerprint density at radius 3 is 2.40 bits per heavy atom. The summed E-state index contributed by atoms with van der Waals surface area (Å²) in [5.41, 5.74) is 2.06. The predicted molar refractivity (Wildman–Crippen MR) is 115 cm³/mol. The zero-order valence-corrected chi connectivity index (χ0v) is 16.9.